The number of thioether (sulfide) groups is 1. The van der Waals surface area contributed by atoms with Crippen LogP contribution in [0.2, 0.25) is 0 Å². The number of benzene rings is 1. The van der Waals surface area contributed by atoms with Gasteiger partial charge in [0.2, 0.25) is 5.91 Å². The number of nitrogens with zero attached hydrogens (tertiary/aromatic N) is 4. The first-order chi connectivity index (χ1) is 15.9. The highest BCUT2D eigenvalue weighted by molar-refractivity contribution is 7.99. The number of imidazole rings is 1. The predicted octanol–water partition coefficient (Wildman–Crippen LogP) is 3.28. The van der Waals surface area contributed by atoms with E-state index in [0.717, 1.165) is 46.9 Å². The van der Waals surface area contributed by atoms with Gasteiger partial charge in [0.25, 0.3) is 5.56 Å². The second kappa shape index (κ2) is 8.49. The molecule has 0 radical (unpaired) electrons. The van der Waals surface area contributed by atoms with Crippen molar-refractivity contribution in [2.75, 3.05) is 11.1 Å². The summed E-state index contributed by atoms with van der Waals surface area (Å²) in [5, 5.41) is 4.24. The minimum atomic E-state index is -0.192. The van der Waals surface area contributed by atoms with Crippen molar-refractivity contribution in [1.29, 1.82) is 0 Å². The van der Waals surface area contributed by atoms with Crippen LogP contribution in [0.3, 0.4) is 0 Å². The molecular formula is C23H25N5O3S2. The van der Waals surface area contributed by atoms with Crippen molar-refractivity contribution in [2.24, 2.45) is 14.1 Å². The highest BCUT2D eigenvalue weighted by Gasteiger charge is 2.22. The molecule has 3 aromatic heterocycles. The molecule has 8 nitrogen and oxygen atoms in total. The van der Waals surface area contributed by atoms with Gasteiger partial charge in [-0.1, -0.05) is 11.8 Å². The first kappa shape index (κ1) is 22.0. The number of amides is 1. The summed E-state index contributed by atoms with van der Waals surface area (Å²) in [6, 6.07) is 5.40. The summed E-state index contributed by atoms with van der Waals surface area (Å²) in [6.07, 6.45) is 4.24. The van der Waals surface area contributed by atoms with Gasteiger partial charge >= 0.3 is 5.69 Å². The molecule has 0 fully saturated rings. The molecule has 1 amide bonds. The maximum absolute atomic E-state index is 13.2. The van der Waals surface area contributed by atoms with E-state index in [1.165, 1.54) is 22.2 Å². The summed E-state index contributed by atoms with van der Waals surface area (Å²) in [6.45, 7) is 2.44. The van der Waals surface area contributed by atoms with Crippen molar-refractivity contribution in [2.45, 2.75) is 44.3 Å². The van der Waals surface area contributed by atoms with Crippen molar-refractivity contribution < 1.29 is 4.79 Å². The van der Waals surface area contributed by atoms with Crippen LogP contribution in [0.25, 0.3) is 21.3 Å². The van der Waals surface area contributed by atoms with Crippen molar-refractivity contribution in [3.05, 3.63) is 49.5 Å². The zero-order valence-electron chi connectivity index (χ0n) is 18.8. The number of thiophene rings is 1. The number of aryl methyl sites for hydroxylation is 4. The summed E-state index contributed by atoms with van der Waals surface area (Å²) < 4.78 is 4.80. The molecule has 0 bridgehead atoms. The quantitative estimate of drug-likeness (QED) is 0.348. The summed E-state index contributed by atoms with van der Waals surface area (Å²) in [5.41, 5.74) is 3.25. The summed E-state index contributed by atoms with van der Waals surface area (Å²) in [7, 11) is 3.43. The van der Waals surface area contributed by atoms with Gasteiger partial charge < -0.3 is 5.32 Å². The molecule has 1 aliphatic carbocycles. The van der Waals surface area contributed by atoms with E-state index in [1.807, 2.05) is 13.0 Å². The molecule has 1 N–H and O–H groups in total. The number of fused-ring (bicyclic) bond motifs is 4. The van der Waals surface area contributed by atoms with E-state index in [4.69, 9.17) is 4.98 Å². The molecule has 10 heteroatoms. The first-order valence-electron chi connectivity index (χ1n) is 11.0. The monoisotopic (exact) mass is 483 g/mol. The Morgan fingerprint density at radius 1 is 1.15 bits per heavy atom. The molecule has 3 heterocycles. The Morgan fingerprint density at radius 2 is 1.91 bits per heavy atom. The molecule has 0 aliphatic heterocycles. The zero-order chi connectivity index (χ0) is 23.3. The average molecular weight is 484 g/mol. The number of carbonyl (C=O) groups excluding carboxylic acids is 1. The van der Waals surface area contributed by atoms with E-state index in [1.54, 1.807) is 51.3 Å². The van der Waals surface area contributed by atoms with Crippen molar-refractivity contribution in [3.63, 3.8) is 0 Å². The smallest absolute Gasteiger partial charge is 0.325 e. The van der Waals surface area contributed by atoms with Crippen LogP contribution >= 0.6 is 23.1 Å². The van der Waals surface area contributed by atoms with Crippen LogP contribution in [-0.2, 0) is 38.3 Å². The number of anilines is 1. The normalized spacial score (nSPS) is 13.5. The lowest BCUT2D eigenvalue weighted by Crippen LogP contribution is -2.24. The van der Waals surface area contributed by atoms with E-state index < -0.39 is 0 Å². The van der Waals surface area contributed by atoms with E-state index in [-0.39, 0.29) is 22.9 Å². The van der Waals surface area contributed by atoms with Crippen LogP contribution in [0.1, 0.15) is 30.2 Å². The van der Waals surface area contributed by atoms with Crippen LogP contribution in [0, 0.1) is 0 Å². The SMILES string of the molecule is CCn1c(SCC(=O)Nc2ccc3c(c2)n(C)c(=O)n3C)nc2sc3c(c2c1=O)CCCC3. The largest absolute Gasteiger partial charge is 0.328 e. The Morgan fingerprint density at radius 3 is 2.70 bits per heavy atom. The van der Waals surface area contributed by atoms with Gasteiger partial charge in [-0.05, 0) is 56.4 Å². The lowest BCUT2D eigenvalue weighted by atomic mass is 9.97. The number of aromatic nitrogens is 4. The van der Waals surface area contributed by atoms with E-state index in [2.05, 4.69) is 5.32 Å². The maximum atomic E-state index is 13.2. The van der Waals surface area contributed by atoms with Crippen molar-refractivity contribution >= 4 is 55.9 Å². The number of carbonyl (C=O) groups is 1. The summed E-state index contributed by atoms with van der Waals surface area (Å²) in [5.74, 6) is -0.0582. The third-order valence-electron chi connectivity index (χ3n) is 6.24. The number of hydrogen-bond donors (Lipinski definition) is 1. The lowest BCUT2D eigenvalue weighted by Gasteiger charge is -2.12. The van der Waals surface area contributed by atoms with Crippen LogP contribution in [0.15, 0.2) is 32.9 Å². The molecule has 0 unspecified atom stereocenters. The number of hydrogen-bond acceptors (Lipinski definition) is 6. The van der Waals surface area contributed by atoms with Gasteiger partial charge in [-0.2, -0.15) is 0 Å². The van der Waals surface area contributed by atoms with E-state index in [9.17, 15) is 14.4 Å². The highest BCUT2D eigenvalue weighted by Crippen LogP contribution is 2.34. The van der Waals surface area contributed by atoms with Gasteiger partial charge in [-0.15, -0.1) is 11.3 Å². The molecule has 0 saturated heterocycles. The predicted molar refractivity (Wildman–Crippen MR) is 134 cm³/mol. The Bertz CT molecular complexity index is 1530. The van der Waals surface area contributed by atoms with Crippen LogP contribution < -0.4 is 16.6 Å². The van der Waals surface area contributed by atoms with Crippen LogP contribution in [-0.4, -0.2) is 30.3 Å². The highest BCUT2D eigenvalue weighted by atomic mass is 32.2. The molecule has 172 valence electrons. The first-order valence-corrected chi connectivity index (χ1v) is 12.8. The summed E-state index contributed by atoms with van der Waals surface area (Å²) in [4.78, 5) is 44.9. The van der Waals surface area contributed by atoms with E-state index >= 15 is 0 Å². The summed E-state index contributed by atoms with van der Waals surface area (Å²) >= 11 is 2.90. The maximum Gasteiger partial charge on any atom is 0.328 e. The van der Waals surface area contributed by atoms with Crippen LogP contribution in [0.4, 0.5) is 5.69 Å². The van der Waals surface area contributed by atoms with Gasteiger partial charge in [-0.3, -0.25) is 23.3 Å². The van der Waals surface area contributed by atoms with Gasteiger partial charge in [0, 0.05) is 31.2 Å². The third kappa shape index (κ3) is 3.71. The Hall–Kier alpha value is -2.85. The molecule has 0 spiro atoms. The second-order valence-electron chi connectivity index (χ2n) is 8.28. The van der Waals surface area contributed by atoms with E-state index in [0.29, 0.717) is 17.4 Å². The van der Waals surface area contributed by atoms with Gasteiger partial charge in [0.15, 0.2) is 5.16 Å². The molecule has 33 heavy (non-hydrogen) atoms. The Kier molecular flexibility index (Phi) is 5.65. The fraction of sp³-hybridized carbons (Fsp3) is 0.391. The molecule has 5 rings (SSSR count). The fourth-order valence-electron chi connectivity index (χ4n) is 4.52. The van der Waals surface area contributed by atoms with Crippen molar-refractivity contribution in [1.82, 2.24) is 18.7 Å². The standard InChI is InChI=1S/C23H25N5O3S2/c1-4-28-21(30)19-14-7-5-6-8-17(14)33-20(19)25-22(28)32-12-18(29)24-13-9-10-15-16(11-13)27(3)23(31)26(15)2/h9-11H,4-8,12H2,1-3H3,(H,24,29). The van der Waals surface area contributed by atoms with Gasteiger partial charge in [0.1, 0.15) is 4.83 Å². The van der Waals surface area contributed by atoms with Gasteiger partial charge in [-0.25, -0.2) is 9.78 Å². The minimum Gasteiger partial charge on any atom is -0.325 e. The number of rotatable bonds is 5. The molecule has 0 atom stereocenters. The third-order valence-corrected chi connectivity index (χ3v) is 8.41. The topological polar surface area (TPSA) is 90.9 Å². The second-order valence-corrected chi connectivity index (χ2v) is 10.3. The fourth-order valence-corrected chi connectivity index (χ4v) is 6.69. The zero-order valence-corrected chi connectivity index (χ0v) is 20.4. The van der Waals surface area contributed by atoms with Crippen molar-refractivity contribution in [3.8, 4) is 0 Å². The molecule has 1 aliphatic rings. The molecule has 1 aromatic carbocycles. The molecule has 0 saturated carbocycles. The molecular weight excluding hydrogens is 458 g/mol. The number of nitrogens with one attached hydrogen (secondary N) is 1. The Balaban J connectivity index is 1.38. The molecule has 4 aromatic rings. The lowest BCUT2D eigenvalue weighted by molar-refractivity contribution is -0.113. The van der Waals surface area contributed by atoms with Crippen LogP contribution in [0.5, 0.6) is 0 Å². The Labute approximate surface area is 198 Å². The average Bonchev–Trinajstić information content (AvgIpc) is 3.28. The van der Waals surface area contributed by atoms with Gasteiger partial charge in [0.05, 0.1) is 22.2 Å². The minimum absolute atomic E-state index is 0.000236.